The van der Waals surface area contributed by atoms with Gasteiger partial charge in [0, 0.05) is 36.5 Å². The maximum Gasteiger partial charge on any atom is 0.193 e. The van der Waals surface area contributed by atoms with Crippen molar-refractivity contribution in [3.8, 4) is 0 Å². The number of aliphatic imine (C=N–C) groups is 1. The van der Waals surface area contributed by atoms with Crippen LogP contribution in [0.15, 0.2) is 22.5 Å². The number of hydrogen-bond acceptors (Lipinski definition) is 3. The van der Waals surface area contributed by atoms with Crippen LogP contribution in [0.5, 0.6) is 0 Å². The number of halogens is 1. The lowest BCUT2D eigenvalue weighted by atomic mass is 9.92. The highest BCUT2D eigenvalue weighted by atomic mass is 127. The summed E-state index contributed by atoms with van der Waals surface area (Å²) in [6, 6.07) is 4.33. The largest absolute Gasteiger partial charge is 0.378 e. The molecule has 0 saturated carbocycles. The van der Waals surface area contributed by atoms with Gasteiger partial charge in [-0.05, 0) is 38.1 Å². The standard InChI is InChI=1S/C18H31N3OS.HI/c1-5-19-17(21-11-9-15(10-12-21)22-6-2)20-14-18(3,4)16-8-7-13-23-16;/h7-8,13,15H,5-6,9-12,14H2,1-4H3,(H,19,20);1H. The monoisotopic (exact) mass is 465 g/mol. The molecular formula is C18H32IN3OS. The van der Waals surface area contributed by atoms with E-state index in [9.17, 15) is 0 Å². The van der Waals surface area contributed by atoms with E-state index in [1.807, 2.05) is 11.3 Å². The second-order valence-corrected chi connectivity index (χ2v) is 7.62. The first-order valence-corrected chi connectivity index (χ1v) is 9.63. The van der Waals surface area contributed by atoms with Gasteiger partial charge in [0.05, 0.1) is 12.6 Å². The molecule has 1 aromatic heterocycles. The lowest BCUT2D eigenvalue weighted by Crippen LogP contribution is -2.47. The van der Waals surface area contributed by atoms with Crippen LogP contribution in [0.4, 0.5) is 0 Å². The molecule has 4 nitrogen and oxygen atoms in total. The molecule has 2 heterocycles. The van der Waals surface area contributed by atoms with Crippen LogP contribution >= 0.6 is 35.3 Å². The van der Waals surface area contributed by atoms with Crippen molar-refractivity contribution in [1.82, 2.24) is 10.2 Å². The second-order valence-electron chi connectivity index (χ2n) is 6.67. The molecule has 0 amide bonds. The van der Waals surface area contributed by atoms with Crippen LogP contribution in [-0.2, 0) is 10.2 Å². The quantitative estimate of drug-likeness (QED) is 0.390. The number of ether oxygens (including phenoxy) is 1. The highest BCUT2D eigenvalue weighted by Gasteiger charge is 2.24. The average molecular weight is 465 g/mol. The minimum Gasteiger partial charge on any atom is -0.378 e. The van der Waals surface area contributed by atoms with Crippen LogP contribution in [0.25, 0.3) is 0 Å². The molecule has 0 radical (unpaired) electrons. The Morgan fingerprint density at radius 3 is 2.62 bits per heavy atom. The van der Waals surface area contributed by atoms with Gasteiger partial charge in [0.25, 0.3) is 0 Å². The summed E-state index contributed by atoms with van der Waals surface area (Å²) in [5.41, 5.74) is 0.0818. The molecule has 1 saturated heterocycles. The van der Waals surface area contributed by atoms with Crippen LogP contribution in [0.3, 0.4) is 0 Å². The Labute approximate surface area is 168 Å². The Morgan fingerprint density at radius 2 is 2.08 bits per heavy atom. The fourth-order valence-electron chi connectivity index (χ4n) is 2.91. The number of hydrogen-bond donors (Lipinski definition) is 1. The first-order chi connectivity index (χ1) is 11.1. The van der Waals surface area contributed by atoms with Crippen LogP contribution in [0, 0.1) is 0 Å². The van der Waals surface area contributed by atoms with Crippen molar-refractivity contribution < 1.29 is 4.74 Å². The molecule has 24 heavy (non-hydrogen) atoms. The molecule has 0 bridgehead atoms. The Hall–Kier alpha value is -0.340. The van der Waals surface area contributed by atoms with Crippen molar-refractivity contribution in [1.29, 1.82) is 0 Å². The van der Waals surface area contributed by atoms with Gasteiger partial charge in [0.2, 0.25) is 0 Å². The third-order valence-corrected chi connectivity index (χ3v) is 5.53. The fraction of sp³-hybridized carbons (Fsp3) is 0.722. The highest BCUT2D eigenvalue weighted by molar-refractivity contribution is 14.0. The Morgan fingerprint density at radius 1 is 1.38 bits per heavy atom. The second kappa shape index (κ2) is 10.6. The van der Waals surface area contributed by atoms with Crippen molar-refractivity contribution in [2.24, 2.45) is 4.99 Å². The third-order valence-electron chi connectivity index (χ3n) is 4.29. The minimum absolute atomic E-state index is 0. The van der Waals surface area contributed by atoms with Gasteiger partial charge in [-0.3, -0.25) is 4.99 Å². The summed E-state index contributed by atoms with van der Waals surface area (Å²) in [5.74, 6) is 1.05. The van der Waals surface area contributed by atoms with E-state index in [4.69, 9.17) is 9.73 Å². The number of nitrogens with one attached hydrogen (secondary N) is 1. The molecule has 1 N–H and O–H groups in total. The zero-order valence-corrected chi connectivity index (χ0v) is 18.5. The van der Waals surface area contributed by atoms with E-state index in [1.165, 1.54) is 4.88 Å². The zero-order chi connectivity index (χ0) is 16.7. The van der Waals surface area contributed by atoms with Gasteiger partial charge in [-0.15, -0.1) is 35.3 Å². The van der Waals surface area contributed by atoms with Crippen LogP contribution in [-0.4, -0.2) is 49.7 Å². The lowest BCUT2D eigenvalue weighted by Gasteiger charge is -2.34. The summed E-state index contributed by atoms with van der Waals surface area (Å²) in [5, 5.41) is 5.60. The first-order valence-electron chi connectivity index (χ1n) is 8.75. The van der Waals surface area contributed by atoms with Crippen LogP contribution in [0.1, 0.15) is 45.4 Å². The van der Waals surface area contributed by atoms with E-state index in [-0.39, 0.29) is 29.4 Å². The molecule has 0 atom stereocenters. The van der Waals surface area contributed by atoms with E-state index >= 15 is 0 Å². The summed E-state index contributed by atoms with van der Waals surface area (Å²) >= 11 is 1.82. The molecule has 1 aromatic rings. The van der Waals surface area contributed by atoms with E-state index in [0.717, 1.165) is 51.6 Å². The lowest BCUT2D eigenvalue weighted by molar-refractivity contribution is 0.0263. The van der Waals surface area contributed by atoms with E-state index in [2.05, 4.69) is 55.4 Å². The highest BCUT2D eigenvalue weighted by Crippen LogP contribution is 2.27. The molecular weight excluding hydrogens is 433 g/mol. The minimum atomic E-state index is 0. The molecule has 1 aliphatic rings. The topological polar surface area (TPSA) is 36.9 Å². The number of rotatable bonds is 6. The van der Waals surface area contributed by atoms with E-state index < -0.39 is 0 Å². The number of guanidine groups is 1. The summed E-state index contributed by atoms with van der Waals surface area (Å²) < 4.78 is 5.75. The van der Waals surface area contributed by atoms with Crippen LogP contribution in [0.2, 0.25) is 0 Å². The average Bonchev–Trinajstić information content (AvgIpc) is 3.08. The molecule has 0 spiro atoms. The summed E-state index contributed by atoms with van der Waals surface area (Å²) in [6.07, 6.45) is 2.60. The molecule has 0 unspecified atom stereocenters. The summed E-state index contributed by atoms with van der Waals surface area (Å²) in [4.78, 5) is 8.71. The van der Waals surface area contributed by atoms with Crippen LogP contribution < -0.4 is 5.32 Å². The summed E-state index contributed by atoms with van der Waals surface area (Å²) in [6.45, 7) is 13.3. The van der Waals surface area contributed by atoms with Crippen molar-refractivity contribution in [3.05, 3.63) is 22.4 Å². The normalized spacial score (nSPS) is 16.8. The Kier molecular flexibility index (Phi) is 9.59. The number of nitrogens with zero attached hydrogens (tertiary/aromatic N) is 2. The molecule has 0 aromatic carbocycles. The smallest absolute Gasteiger partial charge is 0.193 e. The maximum atomic E-state index is 5.75. The van der Waals surface area contributed by atoms with Gasteiger partial charge in [0.1, 0.15) is 0 Å². The van der Waals surface area contributed by atoms with Crippen molar-refractivity contribution in [2.45, 2.75) is 52.1 Å². The maximum absolute atomic E-state index is 5.75. The zero-order valence-electron chi connectivity index (χ0n) is 15.4. The Bertz CT molecular complexity index is 482. The molecule has 2 rings (SSSR count). The van der Waals surface area contributed by atoms with Gasteiger partial charge in [-0.2, -0.15) is 0 Å². The van der Waals surface area contributed by atoms with E-state index in [0.29, 0.717) is 6.10 Å². The number of likely N-dealkylation sites (tertiary alicyclic amines) is 1. The van der Waals surface area contributed by atoms with Gasteiger partial charge >= 0.3 is 0 Å². The van der Waals surface area contributed by atoms with Gasteiger partial charge < -0.3 is 15.0 Å². The van der Waals surface area contributed by atoms with E-state index in [1.54, 1.807) is 0 Å². The predicted molar refractivity (Wildman–Crippen MR) is 115 cm³/mol. The SMILES string of the molecule is CCNC(=NCC(C)(C)c1cccs1)N1CCC(OCC)CC1.I. The number of piperidine rings is 1. The van der Waals surface area contributed by atoms with Crippen molar-refractivity contribution in [2.75, 3.05) is 32.8 Å². The molecule has 0 aliphatic carbocycles. The predicted octanol–water partition coefficient (Wildman–Crippen LogP) is 4.11. The molecule has 1 fully saturated rings. The van der Waals surface area contributed by atoms with Gasteiger partial charge in [-0.25, -0.2) is 0 Å². The Balaban J connectivity index is 0.00000288. The summed E-state index contributed by atoms with van der Waals surface area (Å²) in [7, 11) is 0. The molecule has 6 heteroatoms. The molecule has 1 aliphatic heterocycles. The van der Waals surface area contributed by atoms with Gasteiger partial charge in [0.15, 0.2) is 5.96 Å². The van der Waals surface area contributed by atoms with Crippen molar-refractivity contribution in [3.63, 3.8) is 0 Å². The van der Waals surface area contributed by atoms with Gasteiger partial charge in [-0.1, -0.05) is 19.9 Å². The number of thiophene rings is 1. The molecule has 138 valence electrons. The fourth-order valence-corrected chi connectivity index (χ4v) is 3.75. The third kappa shape index (κ3) is 6.19. The first kappa shape index (κ1) is 21.7. The van der Waals surface area contributed by atoms with Crippen molar-refractivity contribution >= 4 is 41.3 Å².